The molecule has 0 saturated carbocycles. The number of fused-ring (bicyclic) bond motifs is 1. The van der Waals surface area contributed by atoms with Crippen molar-refractivity contribution in [1.82, 2.24) is 4.90 Å². The van der Waals surface area contributed by atoms with E-state index in [9.17, 15) is 19.5 Å². The van der Waals surface area contributed by atoms with Crippen LogP contribution in [0.5, 0.6) is 0 Å². The van der Waals surface area contributed by atoms with E-state index >= 15 is 0 Å². The van der Waals surface area contributed by atoms with E-state index in [1.807, 2.05) is 30.3 Å². The number of likely N-dealkylation sites (tertiary alicyclic amines) is 1. The van der Waals surface area contributed by atoms with Crippen molar-refractivity contribution in [3.63, 3.8) is 0 Å². The summed E-state index contributed by atoms with van der Waals surface area (Å²) in [7, 11) is 0. The van der Waals surface area contributed by atoms with E-state index < -0.39 is 34.6 Å². The highest BCUT2D eigenvalue weighted by atomic mass is 79.9. The smallest absolute Gasteiger partial charge is 0.311 e. The van der Waals surface area contributed by atoms with Gasteiger partial charge >= 0.3 is 5.97 Å². The number of benzene rings is 2. The van der Waals surface area contributed by atoms with Crippen LogP contribution in [0.1, 0.15) is 12.0 Å². The van der Waals surface area contributed by atoms with Gasteiger partial charge in [0.2, 0.25) is 5.91 Å². The fourth-order valence-corrected chi connectivity index (χ4v) is 10.3. The lowest BCUT2D eigenvalue weighted by molar-refractivity contribution is -0.153. The number of halogens is 2. The molecule has 7 atom stereocenters. The Hall–Kier alpha value is -2.59. The largest absolute Gasteiger partial charge is 0.461 e. The molecule has 0 aromatic heterocycles. The third-order valence-corrected chi connectivity index (χ3v) is 11.7. The number of aliphatic hydroxyl groups excluding tert-OH is 1. The third-order valence-electron chi connectivity index (χ3n) is 8.21. The lowest BCUT2D eigenvalue weighted by Gasteiger charge is -2.40. The molecule has 216 valence electrons. The van der Waals surface area contributed by atoms with Gasteiger partial charge in [0.1, 0.15) is 12.6 Å². The third kappa shape index (κ3) is 5.26. The second-order valence-corrected chi connectivity index (χ2v) is 13.7. The van der Waals surface area contributed by atoms with Gasteiger partial charge in [0.25, 0.3) is 5.91 Å². The first kappa shape index (κ1) is 29.9. The zero-order valence-electron chi connectivity index (χ0n) is 22.4. The van der Waals surface area contributed by atoms with E-state index in [0.717, 1.165) is 5.56 Å². The Morgan fingerprint density at radius 3 is 2.54 bits per heavy atom. The molecule has 2 amide bonds. The monoisotopic (exact) mass is 658 g/mol. The van der Waals surface area contributed by atoms with Crippen LogP contribution in [0, 0.1) is 11.8 Å². The summed E-state index contributed by atoms with van der Waals surface area (Å²) in [5.41, 5.74) is 1.54. The van der Waals surface area contributed by atoms with Crippen LogP contribution < -0.4 is 4.90 Å². The zero-order chi connectivity index (χ0) is 29.3. The maximum atomic E-state index is 14.7. The fourth-order valence-electron chi connectivity index (χ4n) is 6.60. The number of nitrogens with zero attached hydrogens (tertiary/aromatic N) is 2. The topological polar surface area (TPSA) is 87.2 Å². The molecule has 3 saturated heterocycles. The summed E-state index contributed by atoms with van der Waals surface area (Å²) in [6.45, 7) is 7.40. The minimum atomic E-state index is -0.927. The molecule has 5 rings (SSSR count). The molecule has 3 unspecified atom stereocenters. The van der Waals surface area contributed by atoms with E-state index in [2.05, 4.69) is 29.1 Å². The van der Waals surface area contributed by atoms with Crippen LogP contribution >= 0.6 is 39.3 Å². The number of hydrogen-bond donors (Lipinski definition) is 1. The molecule has 10 heteroatoms. The number of aliphatic hydroxyl groups is 1. The number of alkyl halides is 1. The highest BCUT2D eigenvalue weighted by Gasteiger charge is 2.76. The Labute approximate surface area is 257 Å². The van der Waals surface area contributed by atoms with Crippen molar-refractivity contribution in [1.29, 1.82) is 0 Å². The number of hydrogen-bond acceptors (Lipinski definition) is 6. The Kier molecular flexibility index (Phi) is 8.99. The van der Waals surface area contributed by atoms with Crippen molar-refractivity contribution >= 4 is 62.8 Å². The quantitative estimate of drug-likeness (QED) is 0.215. The number of anilines is 1. The first-order chi connectivity index (χ1) is 19.8. The highest BCUT2D eigenvalue weighted by molar-refractivity contribution is 9.09. The van der Waals surface area contributed by atoms with E-state index in [1.165, 1.54) is 17.8 Å². The van der Waals surface area contributed by atoms with Gasteiger partial charge in [-0.15, -0.1) is 18.3 Å². The molecular formula is C31H32BrClN2O5S. The van der Waals surface area contributed by atoms with Crippen molar-refractivity contribution in [2.24, 2.45) is 11.8 Å². The van der Waals surface area contributed by atoms with Crippen LogP contribution in [0.15, 0.2) is 79.9 Å². The first-order valence-electron chi connectivity index (χ1n) is 13.5. The SMILES string of the molecule is C=CCOC(=O)[C@H]1[C@@H]2SC3(CC2Br)C(C(=O)N(CC=C)c2ccc(Cl)cc2)N([C@@H](CO)Cc2ccccc2)C(=O)[C@H]13. The Morgan fingerprint density at radius 2 is 1.90 bits per heavy atom. The highest BCUT2D eigenvalue weighted by Crippen LogP contribution is 2.68. The minimum absolute atomic E-state index is 0.0383. The van der Waals surface area contributed by atoms with Crippen molar-refractivity contribution < 1.29 is 24.2 Å². The van der Waals surface area contributed by atoms with Crippen molar-refractivity contribution in [2.75, 3.05) is 24.7 Å². The number of rotatable bonds is 11. The molecule has 1 N–H and O–H groups in total. The summed E-state index contributed by atoms with van der Waals surface area (Å²) in [5, 5.41) is 11.0. The molecule has 7 nitrogen and oxygen atoms in total. The lowest BCUT2D eigenvalue weighted by Crippen LogP contribution is -2.58. The number of thioether (sulfide) groups is 1. The molecule has 2 aromatic rings. The van der Waals surface area contributed by atoms with Crippen molar-refractivity contribution in [3.05, 3.63) is 90.5 Å². The molecule has 1 spiro atoms. The van der Waals surface area contributed by atoms with Crippen molar-refractivity contribution in [2.45, 2.75) is 39.7 Å². The average Bonchev–Trinajstić information content (AvgIpc) is 3.57. The van der Waals surface area contributed by atoms with Crippen LogP contribution in [0.25, 0.3) is 0 Å². The van der Waals surface area contributed by atoms with Gasteiger partial charge in [-0.1, -0.05) is 76.6 Å². The van der Waals surface area contributed by atoms with Crippen molar-refractivity contribution in [3.8, 4) is 0 Å². The van der Waals surface area contributed by atoms with Gasteiger partial charge in [0.05, 0.1) is 29.2 Å². The van der Waals surface area contributed by atoms with E-state index in [-0.39, 0.29) is 41.6 Å². The molecule has 3 aliphatic heterocycles. The normalized spacial score (nSPS) is 28.7. The number of carbonyl (C=O) groups is 3. The Morgan fingerprint density at radius 1 is 1.20 bits per heavy atom. The van der Waals surface area contributed by atoms with Crippen LogP contribution in [0.2, 0.25) is 5.02 Å². The van der Waals surface area contributed by atoms with Gasteiger partial charge in [-0.2, -0.15) is 0 Å². The molecule has 2 aromatic carbocycles. The lowest BCUT2D eigenvalue weighted by atomic mass is 9.71. The number of amides is 2. The van der Waals surface area contributed by atoms with E-state index in [1.54, 1.807) is 40.1 Å². The Balaban J connectivity index is 1.61. The van der Waals surface area contributed by atoms with Gasteiger partial charge in [-0.3, -0.25) is 14.4 Å². The average molecular weight is 660 g/mol. The molecule has 3 aliphatic rings. The van der Waals surface area contributed by atoms with Gasteiger partial charge in [0, 0.05) is 27.3 Å². The van der Waals surface area contributed by atoms with Crippen LogP contribution in [0.4, 0.5) is 5.69 Å². The number of ether oxygens (including phenoxy) is 1. The summed E-state index contributed by atoms with van der Waals surface area (Å²) in [6, 6.07) is 14.9. The van der Waals surface area contributed by atoms with Crippen LogP contribution in [-0.4, -0.2) is 74.5 Å². The van der Waals surface area contributed by atoms with Crippen LogP contribution in [0.3, 0.4) is 0 Å². The van der Waals surface area contributed by atoms with Gasteiger partial charge in [0.15, 0.2) is 0 Å². The fraction of sp³-hybridized carbons (Fsp3) is 0.387. The molecule has 41 heavy (non-hydrogen) atoms. The molecular weight excluding hydrogens is 628 g/mol. The summed E-state index contributed by atoms with van der Waals surface area (Å²) >= 11 is 11.4. The molecule has 2 bridgehead atoms. The maximum absolute atomic E-state index is 14.7. The predicted octanol–water partition coefficient (Wildman–Crippen LogP) is 4.66. The van der Waals surface area contributed by atoms with E-state index in [4.69, 9.17) is 16.3 Å². The summed E-state index contributed by atoms with van der Waals surface area (Å²) in [4.78, 5) is 45.7. The molecule has 3 heterocycles. The maximum Gasteiger partial charge on any atom is 0.311 e. The first-order valence-corrected chi connectivity index (χ1v) is 15.7. The summed E-state index contributed by atoms with van der Waals surface area (Å²) < 4.78 is 4.59. The summed E-state index contributed by atoms with van der Waals surface area (Å²) in [6.07, 6.45) is 4.01. The zero-order valence-corrected chi connectivity index (χ0v) is 25.6. The number of esters is 1. The Bertz CT molecular complexity index is 1330. The minimum Gasteiger partial charge on any atom is -0.461 e. The second-order valence-electron chi connectivity index (χ2n) is 10.6. The van der Waals surface area contributed by atoms with Crippen LogP contribution in [-0.2, 0) is 25.5 Å². The molecule has 0 radical (unpaired) electrons. The van der Waals surface area contributed by atoms with Gasteiger partial charge in [-0.25, -0.2) is 0 Å². The second kappa shape index (κ2) is 12.3. The van der Waals surface area contributed by atoms with Gasteiger partial charge in [-0.05, 0) is 42.7 Å². The summed E-state index contributed by atoms with van der Waals surface area (Å²) in [5.74, 6) is -2.56. The molecule has 0 aliphatic carbocycles. The van der Waals surface area contributed by atoms with E-state index in [0.29, 0.717) is 23.6 Å². The molecule has 3 fully saturated rings. The van der Waals surface area contributed by atoms with Gasteiger partial charge < -0.3 is 19.6 Å². The number of carbonyl (C=O) groups excluding carboxylic acids is 3. The predicted molar refractivity (Wildman–Crippen MR) is 165 cm³/mol. The standard InChI is InChI=1S/C31H32BrClN2O5S/c1-3-14-34(21-12-10-20(33)11-13-21)29(38)27-31-17-23(32)26(41-31)24(30(39)40-15-4-2)25(31)28(37)35(27)22(18-36)16-19-8-6-5-7-9-19/h3-13,22-27,36H,1-2,14-18H2/t22-,23?,24-,25+,26-,27?,31?/m1/s1.